The first-order valence-corrected chi connectivity index (χ1v) is 6.78. The van der Waals surface area contributed by atoms with Gasteiger partial charge in [-0.25, -0.2) is 0 Å². The highest BCUT2D eigenvalue weighted by Gasteiger charge is 2.58. The van der Waals surface area contributed by atoms with Crippen LogP contribution < -0.4 is 0 Å². The number of Topliss-reactive ketones (excluding diaryl/α,β-unsaturated/α-hetero) is 1. The zero-order valence-electron chi connectivity index (χ0n) is 9.37. The Morgan fingerprint density at radius 2 is 1.53 bits per heavy atom. The van der Waals surface area contributed by atoms with Crippen molar-refractivity contribution in [3.8, 4) is 0 Å². The van der Waals surface area contributed by atoms with Crippen LogP contribution in [0.25, 0.3) is 0 Å². The second kappa shape index (κ2) is 2.67. The van der Waals surface area contributed by atoms with Crippen molar-refractivity contribution in [1.29, 1.82) is 0 Å². The number of carbonyl (C=O) groups excluding carboxylic acids is 1. The molecule has 0 unspecified atom stereocenters. The Balaban J connectivity index is 1.73. The van der Waals surface area contributed by atoms with Gasteiger partial charge in [-0.2, -0.15) is 0 Å². The van der Waals surface area contributed by atoms with Crippen molar-refractivity contribution in [3.63, 3.8) is 0 Å². The maximum atomic E-state index is 11.6. The Morgan fingerprint density at radius 1 is 0.933 bits per heavy atom. The molecule has 1 heteroatoms. The van der Waals surface area contributed by atoms with Gasteiger partial charge < -0.3 is 0 Å². The highest BCUT2D eigenvalue weighted by Crippen LogP contribution is 2.66. The molecule has 5 rings (SSSR count). The average molecular weight is 204 g/mol. The molecular weight excluding hydrogens is 184 g/mol. The highest BCUT2D eigenvalue weighted by molar-refractivity contribution is 5.81. The molecule has 0 heterocycles. The van der Waals surface area contributed by atoms with Crippen molar-refractivity contribution in [1.82, 2.24) is 0 Å². The lowest BCUT2D eigenvalue weighted by molar-refractivity contribution is -0.126. The third-order valence-electron chi connectivity index (χ3n) is 6.16. The largest absolute Gasteiger partial charge is 0.300 e. The van der Waals surface area contributed by atoms with Gasteiger partial charge in [0.1, 0.15) is 5.78 Å². The molecule has 0 aromatic rings. The van der Waals surface area contributed by atoms with Crippen LogP contribution >= 0.6 is 0 Å². The van der Waals surface area contributed by atoms with Gasteiger partial charge in [0.2, 0.25) is 0 Å². The van der Waals surface area contributed by atoms with Gasteiger partial charge in [-0.15, -0.1) is 0 Å². The third kappa shape index (κ3) is 1.02. The number of ketones is 1. The van der Waals surface area contributed by atoms with Crippen LogP contribution in [0.15, 0.2) is 0 Å². The van der Waals surface area contributed by atoms with E-state index in [0.717, 1.165) is 36.5 Å². The van der Waals surface area contributed by atoms with Crippen LogP contribution in [0.3, 0.4) is 0 Å². The Bertz CT molecular complexity index is 289. The van der Waals surface area contributed by atoms with Crippen LogP contribution in [0.5, 0.6) is 0 Å². The van der Waals surface area contributed by atoms with Crippen molar-refractivity contribution in [3.05, 3.63) is 0 Å². The summed E-state index contributed by atoms with van der Waals surface area (Å²) in [4.78, 5) is 11.6. The molecule has 5 saturated carbocycles. The Labute approximate surface area is 91.6 Å². The van der Waals surface area contributed by atoms with Crippen molar-refractivity contribution in [2.45, 2.75) is 51.4 Å². The predicted molar refractivity (Wildman–Crippen MR) is 58.3 cm³/mol. The molecule has 0 radical (unpaired) electrons. The van der Waals surface area contributed by atoms with Gasteiger partial charge in [-0.3, -0.25) is 4.79 Å². The minimum Gasteiger partial charge on any atom is -0.300 e. The molecule has 0 aromatic heterocycles. The minimum absolute atomic E-state index is 0.518. The fourth-order valence-electron chi connectivity index (χ4n) is 5.74. The van der Waals surface area contributed by atoms with Gasteiger partial charge in [-0.05, 0) is 67.6 Å². The Morgan fingerprint density at radius 3 is 2.00 bits per heavy atom. The van der Waals surface area contributed by atoms with Crippen LogP contribution in [-0.4, -0.2) is 5.78 Å². The molecule has 15 heavy (non-hydrogen) atoms. The van der Waals surface area contributed by atoms with Crippen molar-refractivity contribution >= 4 is 5.78 Å². The van der Waals surface area contributed by atoms with Crippen LogP contribution in [0.2, 0.25) is 0 Å². The summed E-state index contributed by atoms with van der Waals surface area (Å²) < 4.78 is 0. The van der Waals surface area contributed by atoms with E-state index in [-0.39, 0.29) is 0 Å². The van der Waals surface area contributed by atoms with Crippen LogP contribution in [0, 0.1) is 29.1 Å². The number of hydrogen-bond acceptors (Lipinski definition) is 1. The molecule has 0 N–H and O–H groups in total. The van der Waals surface area contributed by atoms with E-state index in [9.17, 15) is 4.79 Å². The van der Waals surface area contributed by atoms with Gasteiger partial charge >= 0.3 is 0 Å². The summed E-state index contributed by atoms with van der Waals surface area (Å²) in [7, 11) is 0. The lowest BCUT2D eigenvalue weighted by atomic mass is 9.45. The normalized spacial score (nSPS) is 56.9. The predicted octanol–water partition coefficient (Wildman–Crippen LogP) is 3.18. The molecule has 5 aliphatic rings. The van der Waals surface area contributed by atoms with Gasteiger partial charge in [0, 0.05) is 12.8 Å². The average Bonchev–Trinajstić information content (AvgIpc) is 2.57. The summed E-state index contributed by atoms with van der Waals surface area (Å²) >= 11 is 0. The highest BCUT2D eigenvalue weighted by atomic mass is 16.1. The number of carbonyl (C=O) groups is 1. The smallest absolute Gasteiger partial charge is 0.133 e. The summed E-state index contributed by atoms with van der Waals surface area (Å²) in [5, 5.41) is 0. The van der Waals surface area contributed by atoms with Crippen LogP contribution in [0.4, 0.5) is 0 Å². The Kier molecular flexibility index (Phi) is 1.56. The van der Waals surface area contributed by atoms with E-state index in [0.29, 0.717) is 11.2 Å². The van der Waals surface area contributed by atoms with E-state index in [4.69, 9.17) is 0 Å². The maximum Gasteiger partial charge on any atom is 0.133 e. The van der Waals surface area contributed by atoms with Gasteiger partial charge in [0.15, 0.2) is 0 Å². The molecule has 1 spiro atoms. The molecule has 5 aliphatic carbocycles. The topological polar surface area (TPSA) is 17.1 Å². The van der Waals surface area contributed by atoms with Crippen molar-refractivity contribution in [2.75, 3.05) is 0 Å². The fraction of sp³-hybridized carbons (Fsp3) is 0.929. The SMILES string of the molecule is O=C1CCC2(C1)C1CC3CC(C1)CC2C3. The van der Waals surface area contributed by atoms with Crippen molar-refractivity contribution in [2.24, 2.45) is 29.1 Å². The Hall–Kier alpha value is -0.330. The molecule has 1 nitrogen and oxygen atoms in total. The van der Waals surface area contributed by atoms with E-state index >= 15 is 0 Å². The first-order chi connectivity index (χ1) is 7.26. The molecule has 0 aromatic carbocycles. The van der Waals surface area contributed by atoms with E-state index in [1.165, 1.54) is 38.5 Å². The van der Waals surface area contributed by atoms with Crippen molar-refractivity contribution < 1.29 is 4.79 Å². The summed E-state index contributed by atoms with van der Waals surface area (Å²) in [6, 6.07) is 0. The lowest BCUT2D eigenvalue weighted by Crippen LogP contribution is -2.51. The summed E-state index contributed by atoms with van der Waals surface area (Å²) in [5.74, 6) is 4.56. The summed E-state index contributed by atoms with van der Waals surface area (Å²) in [6.45, 7) is 0. The fourth-order valence-corrected chi connectivity index (χ4v) is 5.74. The van der Waals surface area contributed by atoms with Gasteiger partial charge in [0.25, 0.3) is 0 Å². The second-order valence-electron chi connectivity index (χ2n) is 6.75. The van der Waals surface area contributed by atoms with E-state index in [1.54, 1.807) is 0 Å². The van der Waals surface area contributed by atoms with E-state index < -0.39 is 0 Å². The number of hydrogen-bond donors (Lipinski definition) is 0. The van der Waals surface area contributed by atoms with Gasteiger partial charge in [-0.1, -0.05) is 0 Å². The first-order valence-electron chi connectivity index (χ1n) is 6.78. The third-order valence-corrected chi connectivity index (χ3v) is 6.16. The molecule has 4 bridgehead atoms. The van der Waals surface area contributed by atoms with Crippen LogP contribution in [0.1, 0.15) is 51.4 Å². The molecule has 0 atom stereocenters. The monoisotopic (exact) mass is 204 g/mol. The first kappa shape index (κ1) is 8.78. The molecule has 5 fully saturated rings. The molecule has 0 aliphatic heterocycles. The molecule has 0 saturated heterocycles. The summed E-state index contributed by atoms with van der Waals surface area (Å²) in [5.41, 5.74) is 0.518. The molecular formula is C14H20O. The second-order valence-corrected chi connectivity index (χ2v) is 6.75. The maximum absolute atomic E-state index is 11.6. The van der Waals surface area contributed by atoms with Crippen LogP contribution in [-0.2, 0) is 4.79 Å². The molecule has 0 amide bonds. The van der Waals surface area contributed by atoms with Gasteiger partial charge in [0.05, 0.1) is 0 Å². The quantitative estimate of drug-likeness (QED) is 0.592. The standard InChI is InChI=1S/C14H20O/c15-13-1-2-14(8-13)11-4-9-3-10(6-11)7-12(14)5-9/h9-12H,1-8H2. The minimum atomic E-state index is 0.518. The lowest BCUT2D eigenvalue weighted by Gasteiger charge is -2.60. The van der Waals surface area contributed by atoms with E-state index in [1.807, 2.05) is 0 Å². The molecule has 82 valence electrons. The zero-order valence-corrected chi connectivity index (χ0v) is 9.37. The summed E-state index contributed by atoms with van der Waals surface area (Å²) in [6.07, 6.45) is 10.5. The zero-order chi connectivity index (χ0) is 10.0. The number of rotatable bonds is 0. The van der Waals surface area contributed by atoms with E-state index in [2.05, 4.69) is 0 Å².